The number of carbonyl (C=O) groups excluding carboxylic acids is 2. The van der Waals surface area contributed by atoms with Crippen LogP contribution in [0.4, 0.5) is 10.1 Å². The summed E-state index contributed by atoms with van der Waals surface area (Å²) in [6, 6.07) is 15.8. The molecule has 1 aliphatic heterocycles. The van der Waals surface area contributed by atoms with Crippen molar-refractivity contribution in [3.8, 4) is 5.75 Å². The Morgan fingerprint density at radius 1 is 1.06 bits per heavy atom. The fraction of sp³-hybridized carbons (Fsp3) is 0.167. The molecule has 0 fully saturated rings. The highest BCUT2D eigenvalue weighted by molar-refractivity contribution is 7.89. The molecule has 3 aromatic carbocycles. The molecular formula is C24H22FN3O6S. The van der Waals surface area contributed by atoms with Crippen molar-refractivity contribution in [1.29, 1.82) is 0 Å². The topological polar surface area (TPSA) is 116 Å². The van der Waals surface area contributed by atoms with E-state index in [1.807, 2.05) is 0 Å². The average Bonchev–Trinajstić information content (AvgIpc) is 3.05. The number of amides is 2. The van der Waals surface area contributed by atoms with Crippen LogP contribution in [0.2, 0.25) is 0 Å². The number of nitrogens with zero attached hydrogens (tertiary/aromatic N) is 2. The number of hydrogen-bond donors (Lipinski definition) is 2. The van der Waals surface area contributed by atoms with E-state index >= 15 is 0 Å². The Labute approximate surface area is 201 Å². The van der Waals surface area contributed by atoms with Crippen molar-refractivity contribution in [3.05, 3.63) is 89.7 Å². The number of fused-ring (bicyclic) bond motifs is 1. The first kappa shape index (κ1) is 24.3. The number of hydroxylamine groups is 1. The lowest BCUT2D eigenvalue weighted by atomic mass is 10.1. The molecule has 2 N–H and O–H groups in total. The lowest BCUT2D eigenvalue weighted by Crippen LogP contribution is -2.53. The molecule has 2 amide bonds. The van der Waals surface area contributed by atoms with E-state index in [1.165, 1.54) is 60.0 Å². The molecule has 1 unspecified atom stereocenters. The smallest absolute Gasteiger partial charge is 0.263 e. The van der Waals surface area contributed by atoms with Crippen molar-refractivity contribution in [2.45, 2.75) is 17.5 Å². The van der Waals surface area contributed by atoms with Crippen LogP contribution in [0, 0.1) is 5.82 Å². The molecule has 35 heavy (non-hydrogen) atoms. The van der Waals surface area contributed by atoms with Crippen LogP contribution in [0.5, 0.6) is 5.75 Å². The molecule has 0 spiro atoms. The standard InChI is InChI=1S/C24H22FN3O6S/c1-34-19-9-11-20(12-10-19)35(32,33)28-14-17-5-2-3-8-21(17)27(15-22(28)23(29)26-31)24(30)16-6-4-7-18(25)13-16/h2-13,22,31H,14-15H2,1H3,(H,26,29). The van der Waals surface area contributed by atoms with Gasteiger partial charge in [0.2, 0.25) is 10.0 Å². The van der Waals surface area contributed by atoms with Crippen molar-refractivity contribution >= 4 is 27.5 Å². The minimum Gasteiger partial charge on any atom is -0.497 e. The summed E-state index contributed by atoms with van der Waals surface area (Å²) in [7, 11) is -2.82. The van der Waals surface area contributed by atoms with E-state index in [9.17, 15) is 27.6 Å². The van der Waals surface area contributed by atoms with Crippen molar-refractivity contribution in [1.82, 2.24) is 9.79 Å². The van der Waals surface area contributed by atoms with Crippen LogP contribution >= 0.6 is 0 Å². The number of nitrogens with one attached hydrogen (secondary N) is 1. The number of hydrogen-bond acceptors (Lipinski definition) is 6. The van der Waals surface area contributed by atoms with Gasteiger partial charge in [-0.25, -0.2) is 18.3 Å². The van der Waals surface area contributed by atoms with Gasteiger partial charge in [0.05, 0.1) is 18.6 Å². The molecule has 0 saturated heterocycles. The maximum absolute atomic E-state index is 13.8. The second-order valence-corrected chi connectivity index (χ2v) is 9.66. The van der Waals surface area contributed by atoms with Gasteiger partial charge in [0.15, 0.2) is 0 Å². The largest absolute Gasteiger partial charge is 0.497 e. The predicted molar refractivity (Wildman–Crippen MR) is 124 cm³/mol. The minimum atomic E-state index is -4.27. The van der Waals surface area contributed by atoms with Crippen LogP contribution in [-0.4, -0.2) is 49.4 Å². The van der Waals surface area contributed by atoms with Crippen LogP contribution < -0.4 is 15.1 Å². The van der Waals surface area contributed by atoms with Gasteiger partial charge in [-0.3, -0.25) is 14.8 Å². The third kappa shape index (κ3) is 4.74. The van der Waals surface area contributed by atoms with Crippen molar-refractivity contribution in [2.75, 3.05) is 18.6 Å². The molecule has 0 bridgehead atoms. The number of ether oxygens (including phenoxy) is 1. The number of methoxy groups -OCH3 is 1. The van der Waals surface area contributed by atoms with E-state index in [0.717, 1.165) is 10.4 Å². The summed E-state index contributed by atoms with van der Waals surface area (Å²) in [5, 5.41) is 9.41. The molecule has 9 nitrogen and oxygen atoms in total. The molecule has 4 rings (SSSR count). The Morgan fingerprint density at radius 3 is 2.43 bits per heavy atom. The maximum atomic E-state index is 13.8. The van der Waals surface area contributed by atoms with Crippen LogP contribution in [-0.2, 0) is 21.4 Å². The second kappa shape index (κ2) is 9.82. The molecule has 3 aromatic rings. The molecular weight excluding hydrogens is 477 g/mol. The number of rotatable bonds is 5. The average molecular weight is 500 g/mol. The SMILES string of the molecule is COc1ccc(S(=O)(=O)N2Cc3ccccc3N(C(=O)c3cccc(F)c3)CC2C(=O)NO)cc1. The van der Waals surface area contributed by atoms with Crippen LogP contribution in [0.3, 0.4) is 0 Å². The Morgan fingerprint density at radius 2 is 1.77 bits per heavy atom. The van der Waals surface area contributed by atoms with Gasteiger partial charge in [-0.2, -0.15) is 4.31 Å². The van der Waals surface area contributed by atoms with E-state index in [0.29, 0.717) is 17.0 Å². The second-order valence-electron chi connectivity index (χ2n) is 7.77. The minimum absolute atomic E-state index is 0.0226. The molecule has 0 aromatic heterocycles. The van der Waals surface area contributed by atoms with Gasteiger partial charge >= 0.3 is 0 Å². The molecule has 1 aliphatic rings. The van der Waals surface area contributed by atoms with Crippen molar-refractivity contribution in [2.24, 2.45) is 0 Å². The van der Waals surface area contributed by atoms with Gasteiger partial charge in [0.25, 0.3) is 11.8 Å². The molecule has 0 saturated carbocycles. The van der Waals surface area contributed by atoms with Gasteiger partial charge in [-0.1, -0.05) is 24.3 Å². The summed E-state index contributed by atoms with van der Waals surface area (Å²) < 4.78 is 47.1. The van der Waals surface area contributed by atoms with E-state index in [4.69, 9.17) is 4.74 Å². The fourth-order valence-corrected chi connectivity index (χ4v) is 5.50. The number of carbonyl (C=O) groups is 2. The summed E-state index contributed by atoms with van der Waals surface area (Å²) >= 11 is 0. The third-order valence-corrected chi connectivity index (χ3v) is 7.58. The number of para-hydroxylation sites is 1. The lowest BCUT2D eigenvalue weighted by molar-refractivity contribution is -0.133. The fourth-order valence-electron chi connectivity index (χ4n) is 3.94. The Kier molecular flexibility index (Phi) is 6.83. The molecule has 0 radical (unpaired) electrons. The zero-order valence-corrected chi connectivity index (χ0v) is 19.4. The third-order valence-electron chi connectivity index (χ3n) is 5.71. The number of sulfonamides is 1. The number of benzene rings is 3. The molecule has 1 atom stereocenters. The molecule has 182 valence electrons. The van der Waals surface area contributed by atoms with Crippen molar-refractivity contribution < 1.29 is 32.3 Å². The van der Waals surface area contributed by atoms with Gasteiger partial charge in [-0.15, -0.1) is 0 Å². The van der Waals surface area contributed by atoms with Crippen molar-refractivity contribution in [3.63, 3.8) is 0 Å². The number of anilines is 1. The summed E-state index contributed by atoms with van der Waals surface area (Å²) in [4.78, 5) is 27.3. The Balaban J connectivity index is 1.83. The Hall–Kier alpha value is -3.80. The van der Waals surface area contributed by atoms with Crippen LogP contribution in [0.15, 0.2) is 77.7 Å². The summed E-state index contributed by atoms with van der Waals surface area (Å²) in [5.41, 5.74) is 2.34. The van der Waals surface area contributed by atoms with E-state index in [-0.39, 0.29) is 17.0 Å². The maximum Gasteiger partial charge on any atom is 0.263 e. The van der Waals surface area contributed by atoms with Gasteiger partial charge in [0, 0.05) is 17.8 Å². The Bertz CT molecular complexity index is 1360. The highest BCUT2D eigenvalue weighted by atomic mass is 32.2. The van der Waals surface area contributed by atoms with E-state index in [1.54, 1.807) is 24.3 Å². The van der Waals surface area contributed by atoms with E-state index < -0.39 is 40.2 Å². The monoisotopic (exact) mass is 499 g/mol. The van der Waals surface area contributed by atoms with Gasteiger partial charge in [-0.05, 0) is 54.1 Å². The highest BCUT2D eigenvalue weighted by Gasteiger charge is 2.41. The summed E-state index contributed by atoms with van der Waals surface area (Å²) in [5.74, 6) is -1.82. The van der Waals surface area contributed by atoms with E-state index in [2.05, 4.69) is 0 Å². The molecule has 0 aliphatic carbocycles. The quantitative estimate of drug-likeness (QED) is 0.412. The normalized spacial score (nSPS) is 16.2. The molecule has 11 heteroatoms. The first-order valence-corrected chi connectivity index (χ1v) is 12.0. The van der Waals surface area contributed by atoms with Gasteiger partial charge < -0.3 is 9.64 Å². The summed E-state index contributed by atoms with van der Waals surface area (Å²) in [6.07, 6.45) is 0. The first-order chi connectivity index (χ1) is 16.8. The summed E-state index contributed by atoms with van der Waals surface area (Å²) in [6.45, 7) is -0.677. The molecule has 1 heterocycles. The zero-order valence-electron chi connectivity index (χ0n) is 18.6. The zero-order chi connectivity index (χ0) is 25.2. The number of halogens is 1. The lowest BCUT2D eigenvalue weighted by Gasteiger charge is -2.29. The van der Waals surface area contributed by atoms with Gasteiger partial charge in [0.1, 0.15) is 17.6 Å². The highest BCUT2D eigenvalue weighted by Crippen LogP contribution is 2.32. The van der Waals surface area contributed by atoms with Crippen LogP contribution in [0.1, 0.15) is 15.9 Å². The first-order valence-electron chi connectivity index (χ1n) is 10.5. The predicted octanol–water partition coefficient (Wildman–Crippen LogP) is 2.56. The van der Waals surface area contributed by atoms with Crippen LogP contribution in [0.25, 0.3) is 0 Å².